The van der Waals surface area contributed by atoms with Crippen LogP contribution in [0.1, 0.15) is 29.0 Å². The van der Waals surface area contributed by atoms with Crippen LogP contribution in [-0.4, -0.2) is 70.7 Å². The Labute approximate surface area is 203 Å². The maximum atomic E-state index is 13.3. The maximum absolute atomic E-state index is 13.3. The molecule has 1 atom stereocenters. The van der Waals surface area contributed by atoms with Gasteiger partial charge in [0.1, 0.15) is 0 Å². The highest BCUT2D eigenvalue weighted by Crippen LogP contribution is 2.24. The number of anilines is 1. The molecule has 0 aliphatic carbocycles. The third-order valence-electron chi connectivity index (χ3n) is 6.78. The van der Waals surface area contributed by atoms with Gasteiger partial charge in [0, 0.05) is 45.3 Å². The molecule has 0 N–H and O–H groups in total. The van der Waals surface area contributed by atoms with Gasteiger partial charge >= 0.3 is 0 Å². The second-order valence-corrected chi connectivity index (χ2v) is 9.08. The van der Waals surface area contributed by atoms with Crippen LogP contribution in [0.2, 0.25) is 0 Å². The van der Waals surface area contributed by atoms with Gasteiger partial charge in [-0.15, -0.1) is 0 Å². The van der Waals surface area contributed by atoms with Gasteiger partial charge < -0.3 is 19.1 Å². The summed E-state index contributed by atoms with van der Waals surface area (Å²) in [5.41, 5.74) is 1.62. The first-order chi connectivity index (χ1) is 17.1. The Balaban J connectivity index is 1.18. The highest BCUT2D eigenvalue weighted by Gasteiger charge is 2.32. The van der Waals surface area contributed by atoms with Crippen LogP contribution in [0.3, 0.4) is 0 Å². The molecule has 9 nitrogen and oxygen atoms in total. The number of hydrogen-bond acceptors (Lipinski definition) is 6. The molecular formula is C26H29N5O4. The van der Waals surface area contributed by atoms with E-state index in [9.17, 15) is 14.4 Å². The fourth-order valence-electron chi connectivity index (χ4n) is 4.83. The van der Waals surface area contributed by atoms with Crippen LogP contribution in [-0.2, 0) is 11.3 Å². The monoisotopic (exact) mass is 475 g/mol. The molecule has 35 heavy (non-hydrogen) atoms. The molecule has 1 aromatic carbocycles. The summed E-state index contributed by atoms with van der Waals surface area (Å²) in [6, 6.07) is 14.7. The van der Waals surface area contributed by atoms with Gasteiger partial charge in [0.2, 0.25) is 5.91 Å². The van der Waals surface area contributed by atoms with Crippen LogP contribution in [0.15, 0.2) is 70.2 Å². The SMILES string of the molecule is O=C(c1ccco1)N1CCN(C(=O)C2CCCN(c3cnn(Cc4ccccc4)c(=O)c3)C2)CC1. The van der Waals surface area contributed by atoms with Crippen molar-refractivity contribution in [2.75, 3.05) is 44.2 Å². The van der Waals surface area contributed by atoms with Gasteiger partial charge in [-0.3, -0.25) is 14.4 Å². The molecule has 9 heteroatoms. The number of nitrogens with zero attached hydrogens (tertiary/aromatic N) is 5. The Morgan fingerprint density at radius 1 is 0.971 bits per heavy atom. The lowest BCUT2D eigenvalue weighted by atomic mass is 9.96. The minimum absolute atomic E-state index is 0.116. The molecular weight excluding hydrogens is 446 g/mol. The van der Waals surface area contributed by atoms with Crippen molar-refractivity contribution in [3.63, 3.8) is 0 Å². The van der Waals surface area contributed by atoms with Crippen molar-refractivity contribution < 1.29 is 14.0 Å². The zero-order valence-electron chi connectivity index (χ0n) is 19.6. The first-order valence-electron chi connectivity index (χ1n) is 12.1. The van der Waals surface area contributed by atoms with Crippen LogP contribution in [0.25, 0.3) is 0 Å². The normalized spacial score (nSPS) is 18.5. The molecule has 0 bridgehead atoms. The van der Waals surface area contributed by atoms with Gasteiger partial charge in [-0.1, -0.05) is 30.3 Å². The second-order valence-electron chi connectivity index (χ2n) is 9.08. The minimum atomic E-state index is -0.155. The molecule has 2 aliphatic heterocycles. The fraction of sp³-hybridized carbons (Fsp3) is 0.385. The molecule has 3 aromatic rings. The zero-order valence-corrected chi connectivity index (χ0v) is 19.6. The number of hydrogen-bond donors (Lipinski definition) is 0. The highest BCUT2D eigenvalue weighted by atomic mass is 16.3. The standard InChI is InChI=1S/C26H29N5O4/c32-24-16-22(17-27-31(24)18-20-6-2-1-3-7-20)30-10-4-8-21(19-30)25(33)28-11-13-29(14-12-28)26(34)23-9-5-15-35-23/h1-3,5-7,9,15-17,21H,4,8,10-14,18-19H2. The summed E-state index contributed by atoms with van der Waals surface area (Å²) in [7, 11) is 0. The predicted octanol–water partition coefficient (Wildman–Crippen LogP) is 2.09. The van der Waals surface area contributed by atoms with E-state index in [1.54, 1.807) is 29.3 Å². The molecule has 2 fully saturated rings. The highest BCUT2D eigenvalue weighted by molar-refractivity contribution is 5.91. The lowest BCUT2D eigenvalue weighted by molar-refractivity contribution is -0.137. The summed E-state index contributed by atoms with van der Waals surface area (Å²) in [6.07, 6.45) is 4.90. The minimum Gasteiger partial charge on any atom is -0.459 e. The molecule has 1 unspecified atom stereocenters. The summed E-state index contributed by atoms with van der Waals surface area (Å²) in [5, 5.41) is 4.38. The Hall–Kier alpha value is -3.88. The van der Waals surface area contributed by atoms with Gasteiger partial charge in [0.05, 0.1) is 30.6 Å². The van der Waals surface area contributed by atoms with Crippen LogP contribution in [0, 0.1) is 5.92 Å². The summed E-state index contributed by atoms with van der Waals surface area (Å²) < 4.78 is 6.66. The molecule has 0 spiro atoms. The average molecular weight is 476 g/mol. The van der Waals surface area contributed by atoms with Crippen molar-refractivity contribution in [3.05, 3.63) is 82.7 Å². The summed E-state index contributed by atoms with van der Waals surface area (Å²) in [5.74, 6) is 0.167. The second kappa shape index (κ2) is 10.2. The van der Waals surface area contributed by atoms with E-state index in [2.05, 4.69) is 10.00 Å². The summed E-state index contributed by atoms with van der Waals surface area (Å²) in [6.45, 7) is 3.79. The number of carbonyl (C=O) groups is 2. The van der Waals surface area contributed by atoms with E-state index in [0.717, 1.165) is 30.6 Å². The molecule has 2 amide bonds. The molecule has 5 rings (SSSR count). The van der Waals surface area contributed by atoms with Crippen LogP contribution in [0.5, 0.6) is 0 Å². The summed E-state index contributed by atoms with van der Waals surface area (Å²) >= 11 is 0. The van der Waals surface area contributed by atoms with Crippen molar-refractivity contribution in [3.8, 4) is 0 Å². The van der Waals surface area contributed by atoms with Gasteiger partial charge in [0.25, 0.3) is 11.5 Å². The van der Waals surface area contributed by atoms with Crippen molar-refractivity contribution >= 4 is 17.5 Å². The topological polar surface area (TPSA) is 91.9 Å². The first kappa shape index (κ1) is 22.9. The number of piperazine rings is 1. The maximum Gasteiger partial charge on any atom is 0.289 e. The number of amides is 2. The summed E-state index contributed by atoms with van der Waals surface area (Å²) in [4.78, 5) is 44.1. The zero-order chi connectivity index (χ0) is 24.2. The smallest absolute Gasteiger partial charge is 0.289 e. The van der Waals surface area contributed by atoms with E-state index in [0.29, 0.717) is 45.0 Å². The number of rotatable bonds is 5. The molecule has 2 aliphatic rings. The fourth-order valence-corrected chi connectivity index (χ4v) is 4.83. The number of furan rings is 1. The Kier molecular flexibility index (Phi) is 6.65. The quantitative estimate of drug-likeness (QED) is 0.561. The molecule has 0 saturated carbocycles. The third kappa shape index (κ3) is 5.13. The van der Waals surface area contributed by atoms with E-state index < -0.39 is 0 Å². The van der Waals surface area contributed by atoms with E-state index >= 15 is 0 Å². The number of piperidine rings is 1. The largest absolute Gasteiger partial charge is 0.459 e. The van der Waals surface area contributed by atoms with E-state index in [1.165, 1.54) is 10.9 Å². The molecule has 0 radical (unpaired) electrons. The van der Waals surface area contributed by atoms with Crippen molar-refractivity contribution in [2.24, 2.45) is 5.92 Å². The lowest BCUT2D eigenvalue weighted by Crippen LogP contribution is -2.53. The van der Waals surface area contributed by atoms with Crippen molar-refractivity contribution in [1.82, 2.24) is 19.6 Å². The van der Waals surface area contributed by atoms with Gasteiger partial charge in [-0.2, -0.15) is 5.10 Å². The van der Waals surface area contributed by atoms with Crippen LogP contribution in [0.4, 0.5) is 5.69 Å². The van der Waals surface area contributed by atoms with E-state index in [4.69, 9.17) is 4.42 Å². The Morgan fingerprint density at radius 2 is 1.74 bits per heavy atom. The van der Waals surface area contributed by atoms with Gasteiger partial charge in [-0.05, 0) is 30.5 Å². The average Bonchev–Trinajstić information content (AvgIpc) is 3.45. The third-order valence-corrected chi connectivity index (χ3v) is 6.78. The van der Waals surface area contributed by atoms with E-state index in [-0.39, 0.29) is 23.3 Å². The Bertz CT molecular complexity index is 1220. The number of aromatic nitrogens is 2. The van der Waals surface area contributed by atoms with Crippen molar-refractivity contribution in [1.29, 1.82) is 0 Å². The van der Waals surface area contributed by atoms with Crippen molar-refractivity contribution in [2.45, 2.75) is 19.4 Å². The first-order valence-corrected chi connectivity index (χ1v) is 12.1. The molecule has 2 saturated heterocycles. The number of benzene rings is 1. The predicted molar refractivity (Wildman–Crippen MR) is 130 cm³/mol. The van der Waals surface area contributed by atoms with Crippen LogP contribution < -0.4 is 10.5 Å². The molecule has 182 valence electrons. The van der Waals surface area contributed by atoms with E-state index in [1.807, 2.05) is 35.2 Å². The lowest BCUT2D eigenvalue weighted by Gasteiger charge is -2.39. The van der Waals surface area contributed by atoms with Crippen LogP contribution >= 0.6 is 0 Å². The molecule has 4 heterocycles. The number of carbonyl (C=O) groups excluding carboxylic acids is 2. The Morgan fingerprint density at radius 3 is 2.46 bits per heavy atom. The molecule has 2 aromatic heterocycles. The van der Waals surface area contributed by atoms with Gasteiger partial charge in [0.15, 0.2) is 5.76 Å². The van der Waals surface area contributed by atoms with Gasteiger partial charge in [-0.25, -0.2) is 4.68 Å².